The molecular weight excluding hydrogens is 244 g/mol. The first-order chi connectivity index (χ1) is 8.85. The van der Waals surface area contributed by atoms with E-state index < -0.39 is 11.4 Å². The third-order valence-electron chi connectivity index (χ3n) is 4.34. The van der Waals surface area contributed by atoms with Crippen molar-refractivity contribution in [3.05, 3.63) is 17.3 Å². The van der Waals surface area contributed by atoms with Crippen molar-refractivity contribution in [1.29, 1.82) is 0 Å². The van der Waals surface area contributed by atoms with Gasteiger partial charge >= 0.3 is 5.97 Å². The highest BCUT2D eigenvalue weighted by Gasteiger charge is 2.47. The van der Waals surface area contributed by atoms with Crippen LogP contribution in [0.3, 0.4) is 0 Å². The second-order valence-corrected chi connectivity index (χ2v) is 5.83. The highest BCUT2D eigenvalue weighted by atomic mass is 16.4. The zero-order valence-corrected chi connectivity index (χ0v) is 12.1. The second kappa shape index (κ2) is 4.96. The van der Waals surface area contributed by atoms with Gasteiger partial charge in [0.25, 0.3) is 0 Å². The number of rotatable bonds is 4. The van der Waals surface area contributed by atoms with Gasteiger partial charge in [0.1, 0.15) is 5.76 Å². The van der Waals surface area contributed by atoms with E-state index in [2.05, 4.69) is 9.88 Å². The van der Waals surface area contributed by atoms with Crippen LogP contribution >= 0.6 is 0 Å². The standard InChI is InChI=1S/C14H22N2O3/c1-9(2)14(13(17)18)5-6-16(8-14)7-12-15-10(3)11(4)19-12/h9H,5-8H2,1-4H3,(H,17,18). The van der Waals surface area contributed by atoms with E-state index in [4.69, 9.17) is 4.42 Å². The van der Waals surface area contributed by atoms with E-state index in [0.29, 0.717) is 25.4 Å². The molecule has 5 nitrogen and oxygen atoms in total. The van der Waals surface area contributed by atoms with Crippen LogP contribution in [0.1, 0.15) is 37.6 Å². The number of carbonyl (C=O) groups is 1. The van der Waals surface area contributed by atoms with Gasteiger partial charge in [0.2, 0.25) is 5.89 Å². The molecule has 0 aliphatic carbocycles. The van der Waals surface area contributed by atoms with Gasteiger partial charge in [0.15, 0.2) is 0 Å². The Bertz CT molecular complexity index is 462. The molecule has 1 aromatic rings. The number of likely N-dealkylation sites (tertiary alicyclic amines) is 1. The molecule has 0 bridgehead atoms. The summed E-state index contributed by atoms with van der Waals surface area (Å²) in [5.74, 6) is 0.954. The molecule has 1 atom stereocenters. The molecule has 0 amide bonds. The summed E-state index contributed by atoms with van der Waals surface area (Å²) in [5, 5.41) is 9.50. The molecule has 0 radical (unpaired) electrons. The summed E-state index contributed by atoms with van der Waals surface area (Å²) in [6.45, 7) is 9.73. The van der Waals surface area contributed by atoms with E-state index in [0.717, 1.165) is 18.0 Å². The Hall–Kier alpha value is -1.36. The summed E-state index contributed by atoms with van der Waals surface area (Å²) >= 11 is 0. The Kier molecular flexibility index (Phi) is 3.67. The molecule has 19 heavy (non-hydrogen) atoms. The molecule has 5 heteroatoms. The summed E-state index contributed by atoms with van der Waals surface area (Å²) in [7, 11) is 0. The van der Waals surface area contributed by atoms with Gasteiger partial charge in [-0.05, 0) is 32.7 Å². The summed E-state index contributed by atoms with van der Waals surface area (Å²) in [6.07, 6.45) is 0.693. The Balaban J connectivity index is 2.07. The van der Waals surface area contributed by atoms with Crippen LogP contribution in [-0.4, -0.2) is 34.0 Å². The third-order valence-corrected chi connectivity index (χ3v) is 4.34. The van der Waals surface area contributed by atoms with Crippen molar-refractivity contribution in [3.63, 3.8) is 0 Å². The first-order valence-electron chi connectivity index (χ1n) is 6.74. The summed E-state index contributed by atoms with van der Waals surface area (Å²) in [6, 6.07) is 0. The summed E-state index contributed by atoms with van der Waals surface area (Å²) in [5.41, 5.74) is 0.277. The molecule has 0 saturated carbocycles. The lowest BCUT2D eigenvalue weighted by Gasteiger charge is -2.28. The Morgan fingerprint density at radius 1 is 1.53 bits per heavy atom. The van der Waals surface area contributed by atoms with Crippen LogP contribution in [0.15, 0.2) is 4.42 Å². The van der Waals surface area contributed by atoms with Gasteiger partial charge in [-0.15, -0.1) is 0 Å². The van der Waals surface area contributed by atoms with E-state index in [1.807, 2.05) is 27.7 Å². The highest BCUT2D eigenvalue weighted by Crippen LogP contribution is 2.38. The van der Waals surface area contributed by atoms with Crippen LogP contribution in [0.25, 0.3) is 0 Å². The Morgan fingerprint density at radius 2 is 2.21 bits per heavy atom. The number of nitrogens with zero attached hydrogens (tertiary/aromatic N) is 2. The van der Waals surface area contributed by atoms with Crippen LogP contribution in [0, 0.1) is 25.2 Å². The van der Waals surface area contributed by atoms with Crippen molar-refractivity contribution < 1.29 is 14.3 Å². The summed E-state index contributed by atoms with van der Waals surface area (Å²) < 4.78 is 5.57. The lowest BCUT2D eigenvalue weighted by Crippen LogP contribution is -2.39. The van der Waals surface area contributed by atoms with E-state index in [-0.39, 0.29) is 5.92 Å². The molecule has 1 saturated heterocycles. The topological polar surface area (TPSA) is 66.6 Å². The average Bonchev–Trinajstić information content (AvgIpc) is 2.85. The number of aryl methyl sites for hydroxylation is 2. The van der Waals surface area contributed by atoms with Crippen molar-refractivity contribution in [2.75, 3.05) is 13.1 Å². The van der Waals surface area contributed by atoms with Crippen molar-refractivity contribution in [2.45, 2.75) is 40.7 Å². The normalized spacial score (nSPS) is 24.3. The number of hydrogen-bond acceptors (Lipinski definition) is 4. The van der Waals surface area contributed by atoms with Gasteiger partial charge < -0.3 is 9.52 Å². The molecule has 2 heterocycles. The van der Waals surface area contributed by atoms with E-state index in [9.17, 15) is 9.90 Å². The quantitative estimate of drug-likeness (QED) is 0.905. The maximum Gasteiger partial charge on any atom is 0.311 e. The van der Waals surface area contributed by atoms with Gasteiger partial charge in [-0.25, -0.2) is 4.98 Å². The molecule has 2 rings (SSSR count). The smallest absolute Gasteiger partial charge is 0.311 e. The Morgan fingerprint density at radius 3 is 2.63 bits per heavy atom. The molecule has 1 fully saturated rings. The molecule has 1 aromatic heterocycles. The maximum atomic E-state index is 11.6. The fourth-order valence-electron chi connectivity index (χ4n) is 2.74. The van der Waals surface area contributed by atoms with E-state index in [1.165, 1.54) is 0 Å². The minimum atomic E-state index is -0.690. The fourth-order valence-corrected chi connectivity index (χ4v) is 2.74. The average molecular weight is 266 g/mol. The van der Waals surface area contributed by atoms with Gasteiger partial charge in [-0.3, -0.25) is 9.69 Å². The van der Waals surface area contributed by atoms with Crippen molar-refractivity contribution in [2.24, 2.45) is 11.3 Å². The molecule has 1 aliphatic heterocycles. The van der Waals surface area contributed by atoms with Gasteiger partial charge in [-0.2, -0.15) is 0 Å². The molecule has 106 valence electrons. The molecule has 1 N–H and O–H groups in total. The van der Waals surface area contributed by atoms with Crippen molar-refractivity contribution in [3.8, 4) is 0 Å². The minimum absolute atomic E-state index is 0.128. The molecular formula is C14H22N2O3. The van der Waals surface area contributed by atoms with E-state index >= 15 is 0 Å². The first-order valence-corrected chi connectivity index (χ1v) is 6.74. The number of aliphatic carboxylic acids is 1. The second-order valence-electron chi connectivity index (χ2n) is 5.83. The molecule has 0 spiro atoms. The SMILES string of the molecule is Cc1nc(CN2CCC(C(=O)O)(C(C)C)C2)oc1C. The predicted molar refractivity (Wildman–Crippen MR) is 70.8 cm³/mol. The highest BCUT2D eigenvalue weighted by molar-refractivity contribution is 5.75. The van der Waals surface area contributed by atoms with Crippen molar-refractivity contribution in [1.82, 2.24) is 9.88 Å². The molecule has 0 aromatic carbocycles. The van der Waals surface area contributed by atoms with Gasteiger partial charge in [0, 0.05) is 6.54 Å². The minimum Gasteiger partial charge on any atom is -0.481 e. The van der Waals surface area contributed by atoms with Crippen molar-refractivity contribution >= 4 is 5.97 Å². The lowest BCUT2D eigenvalue weighted by atomic mass is 9.76. The number of oxazole rings is 1. The monoisotopic (exact) mass is 266 g/mol. The zero-order chi connectivity index (χ0) is 14.2. The number of carboxylic acid groups (broad SMARTS) is 1. The first kappa shape index (κ1) is 14.1. The van der Waals surface area contributed by atoms with Gasteiger partial charge in [0.05, 0.1) is 17.7 Å². The van der Waals surface area contributed by atoms with Crippen LogP contribution in [0.4, 0.5) is 0 Å². The van der Waals surface area contributed by atoms with Crippen LogP contribution in [0.5, 0.6) is 0 Å². The molecule has 1 unspecified atom stereocenters. The van der Waals surface area contributed by atoms with E-state index in [1.54, 1.807) is 0 Å². The maximum absolute atomic E-state index is 11.6. The van der Waals surface area contributed by atoms with Crippen LogP contribution in [0.2, 0.25) is 0 Å². The van der Waals surface area contributed by atoms with Gasteiger partial charge in [-0.1, -0.05) is 13.8 Å². The van der Waals surface area contributed by atoms with Crippen LogP contribution < -0.4 is 0 Å². The number of aromatic nitrogens is 1. The number of carboxylic acids is 1. The summed E-state index contributed by atoms with van der Waals surface area (Å²) in [4.78, 5) is 18.0. The largest absolute Gasteiger partial charge is 0.481 e. The van der Waals surface area contributed by atoms with Crippen LogP contribution in [-0.2, 0) is 11.3 Å². The predicted octanol–water partition coefficient (Wildman–Crippen LogP) is 2.22. The third kappa shape index (κ3) is 2.52. The fraction of sp³-hybridized carbons (Fsp3) is 0.714. The Labute approximate surface area is 113 Å². The molecule has 1 aliphatic rings. The number of hydrogen-bond donors (Lipinski definition) is 1. The zero-order valence-electron chi connectivity index (χ0n) is 12.1. The lowest BCUT2D eigenvalue weighted by molar-refractivity contribution is -0.151.